The zero-order valence-corrected chi connectivity index (χ0v) is 8.29. The molecule has 76 valence electrons. The van der Waals surface area contributed by atoms with Crippen LogP contribution in [0.3, 0.4) is 0 Å². The second-order valence-corrected chi connectivity index (χ2v) is 3.91. The third-order valence-corrected chi connectivity index (χ3v) is 2.80. The van der Waals surface area contributed by atoms with Crippen LogP contribution in [0.5, 0.6) is 0 Å². The molecule has 0 bridgehead atoms. The smallest absolute Gasteiger partial charge is 0.305 e. The summed E-state index contributed by atoms with van der Waals surface area (Å²) in [5.41, 5.74) is 5.79. The molecule has 1 aliphatic rings. The highest BCUT2D eigenvalue weighted by molar-refractivity contribution is 5.68. The molecule has 0 radical (unpaired) electrons. The molecule has 3 heteroatoms. The Morgan fingerprint density at radius 1 is 1.54 bits per heavy atom. The first-order chi connectivity index (χ1) is 6.22. The van der Waals surface area contributed by atoms with Gasteiger partial charge >= 0.3 is 5.97 Å². The van der Waals surface area contributed by atoms with Gasteiger partial charge in [0.2, 0.25) is 0 Å². The van der Waals surface area contributed by atoms with Crippen molar-refractivity contribution in [2.75, 3.05) is 7.11 Å². The number of carbonyl (C=O) groups excluding carboxylic acids is 1. The van der Waals surface area contributed by atoms with Gasteiger partial charge in [-0.25, -0.2) is 0 Å². The van der Waals surface area contributed by atoms with Crippen LogP contribution in [0.4, 0.5) is 0 Å². The minimum atomic E-state index is -0.0951. The normalized spacial score (nSPS) is 27.5. The second kappa shape index (κ2) is 5.22. The molecule has 13 heavy (non-hydrogen) atoms. The van der Waals surface area contributed by atoms with E-state index in [0.29, 0.717) is 12.5 Å². The third-order valence-electron chi connectivity index (χ3n) is 2.80. The van der Waals surface area contributed by atoms with E-state index in [-0.39, 0.29) is 5.97 Å². The van der Waals surface area contributed by atoms with Crippen LogP contribution in [-0.4, -0.2) is 19.1 Å². The molecular formula is C10H19NO2. The molecule has 2 N–H and O–H groups in total. The van der Waals surface area contributed by atoms with Gasteiger partial charge in [-0.05, 0) is 38.0 Å². The number of rotatable bonds is 4. The first-order valence-corrected chi connectivity index (χ1v) is 5.04. The maximum absolute atomic E-state index is 10.8. The Morgan fingerprint density at radius 3 is 2.85 bits per heavy atom. The number of ether oxygens (including phenoxy) is 1. The van der Waals surface area contributed by atoms with Gasteiger partial charge in [-0.2, -0.15) is 0 Å². The van der Waals surface area contributed by atoms with E-state index in [1.165, 1.54) is 13.5 Å². The summed E-state index contributed by atoms with van der Waals surface area (Å²) in [5, 5.41) is 0. The molecular weight excluding hydrogens is 166 g/mol. The lowest BCUT2D eigenvalue weighted by atomic mass is 10.0. The van der Waals surface area contributed by atoms with E-state index < -0.39 is 0 Å². The van der Waals surface area contributed by atoms with Crippen LogP contribution in [-0.2, 0) is 9.53 Å². The molecule has 0 aromatic rings. The van der Waals surface area contributed by atoms with Crippen molar-refractivity contribution in [3.8, 4) is 0 Å². The number of nitrogens with two attached hydrogens (primary N) is 1. The van der Waals surface area contributed by atoms with Gasteiger partial charge in [-0.3, -0.25) is 4.79 Å². The number of hydrogen-bond acceptors (Lipinski definition) is 3. The molecule has 1 rings (SSSR count). The van der Waals surface area contributed by atoms with E-state index in [1.54, 1.807) is 0 Å². The lowest BCUT2D eigenvalue weighted by Gasteiger charge is -2.07. The lowest BCUT2D eigenvalue weighted by molar-refractivity contribution is -0.140. The molecule has 0 aliphatic heterocycles. The third kappa shape index (κ3) is 3.77. The minimum absolute atomic E-state index is 0.0951. The van der Waals surface area contributed by atoms with E-state index >= 15 is 0 Å². The van der Waals surface area contributed by atoms with Crippen molar-refractivity contribution in [3.05, 3.63) is 0 Å². The van der Waals surface area contributed by atoms with Crippen molar-refractivity contribution < 1.29 is 9.53 Å². The first kappa shape index (κ1) is 10.5. The molecule has 0 heterocycles. The Morgan fingerprint density at radius 2 is 2.31 bits per heavy atom. The maximum Gasteiger partial charge on any atom is 0.305 e. The van der Waals surface area contributed by atoms with Crippen LogP contribution in [0.2, 0.25) is 0 Å². The Kier molecular flexibility index (Phi) is 4.22. The van der Waals surface area contributed by atoms with Crippen molar-refractivity contribution >= 4 is 5.97 Å². The Bertz CT molecular complexity index is 170. The largest absolute Gasteiger partial charge is 0.469 e. The Hall–Kier alpha value is -0.570. The van der Waals surface area contributed by atoms with Gasteiger partial charge in [0.15, 0.2) is 0 Å². The van der Waals surface area contributed by atoms with Gasteiger partial charge < -0.3 is 10.5 Å². The fraction of sp³-hybridized carbons (Fsp3) is 0.900. The lowest BCUT2D eigenvalue weighted by Crippen LogP contribution is -2.14. The Balaban J connectivity index is 2.03. The molecule has 1 aliphatic carbocycles. The average molecular weight is 185 g/mol. The summed E-state index contributed by atoms with van der Waals surface area (Å²) in [6.07, 6.45) is 6.17. The van der Waals surface area contributed by atoms with Gasteiger partial charge in [0.1, 0.15) is 0 Å². The van der Waals surface area contributed by atoms with Gasteiger partial charge in [-0.1, -0.05) is 0 Å². The van der Waals surface area contributed by atoms with Crippen LogP contribution in [0, 0.1) is 5.92 Å². The van der Waals surface area contributed by atoms with E-state index in [1.807, 2.05) is 0 Å². The number of carbonyl (C=O) groups is 1. The van der Waals surface area contributed by atoms with Crippen LogP contribution in [0.25, 0.3) is 0 Å². The summed E-state index contributed by atoms with van der Waals surface area (Å²) in [5.74, 6) is 0.655. The van der Waals surface area contributed by atoms with Crippen molar-refractivity contribution in [1.29, 1.82) is 0 Å². The predicted molar refractivity (Wildman–Crippen MR) is 51.2 cm³/mol. The number of esters is 1. The average Bonchev–Trinajstić information content (AvgIpc) is 2.51. The minimum Gasteiger partial charge on any atom is -0.469 e. The van der Waals surface area contributed by atoms with Crippen LogP contribution in [0.15, 0.2) is 0 Å². The van der Waals surface area contributed by atoms with Gasteiger partial charge in [-0.15, -0.1) is 0 Å². The molecule has 0 aromatic heterocycles. The standard InChI is InChI=1S/C10H19NO2/c1-13-10(12)4-2-3-8-5-6-9(11)7-8/h8-9H,2-7,11H2,1H3. The summed E-state index contributed by atoms with van der Waals surface area (Å²) in [6, 6.07) is 0.406. The van der Waals surface area contributed by atoms with E-state index in [4.69, 9.17) is 5.73 Å². The van der Waals surface area contributed by atoms with E-state index in [9.17, 15) is 4.79 Å². The SMILES string of the molecule is COC(=O)CCCC1CCC(N)C1. The molecule has 2 atom stereocenters. The summed E-state index contributed by atoms with van der Waals surface area (Å²) in [6.45, 7) is 0. The van der Waals surface area contributed by atoms with Crippen molar-refractivity contribution in [3.63, 3.8) is 0 Å². The quantitative estimate of drug-likeness (QED) is 0.674. The van der Waals surface area contributed by atoms with Crippen molar-refractivity contribution in [1.82, 2.24) is 0 Å². The topological polar surface area (TPSA) is 52.3 Å². The van der Waals surface area contributed by atoms with Gasteiger partial charge in [0, 0.05) is 12.5 Å². The van der Waals surface area contributed by atoms with Crippen LogP contribution in [0.1, 0.15) is 38.5 Å². The molecule has 0 saturated heterocycles. The maximum atomic E-state index is 10.8. The zero-order valence-electron chi connectivity index (χ0n) is 8.29. The molecule has 2 unspecified atom stereocenters. The second-order valence-electron chi connectivity index (χ2n) is 3.91. The van der Waals surface area contributed by atoms with Crippen LogP contribution < -0.4 is 5.73 Å². The highest BCUT2D eigenvalue weighted by Crippen LogP contribution is 2.28. The molecule has 1 fully saturated rings. The monoisotopic (exact) mass is 185 g/mol. The zero-order chi connectivity index (χ0) is 9.68. The summed E-state index contributed by atoms with van der Waals surface area (Å²) in [7, 11) is 1.44. The van der Waals surface area contributed by atoms with Crippen LogP contribution >= 0.6 is 0 Å². The molecule has 0 amide bonds. The Labute approximate surface area is 79.6 Å². The van der Waals surface area contributed by atoms with E-state index in [2.05, 4.69) is 4.74 Å². The first-order valence-electron chi connectivity index (χ1n) is 5.04. The molecule has 0 aromatic carbocycles. The molecule has 0 spiro atoms. The number of methoxy groups -OCH3 is 1. The predicted octanol–water partition coefficient (Wildman–Crippen LogP) is 1.46. The van der Waals surface area contributed by atoms with Crippen molar-refractivity contribution in [2.24, 2.45) is 11.7 Å². The fourth-order valence-electron chi connectivity index (χ4n) is 2.01. The van der Waals surface area contributed by atoms with Gasteiger partial charge in [0.25, 0.3) is 0 Å². The fourth-order valence-corrected chi connectivity index (χ4v) is 2.01. The summed E-state index contributed by atoms with van der Waals surface area (Å²) < 4.78 is 4.57. The van der Waals surface area contributed by atoms with Gasteiger partial charge in [0.05, 0.1) is 7.11 Å². The molecule has 1 saturated carbocycles. The highest BCUT2D eigenvalue weighted by Gasteiger charge is 2.21. The van der Waals surface area contributed by atoms with E-state index in [0.717, 1.165) is 31.6 Å². The number of hydrogen-bond donors (Lipinski definition) is 1. The highest BCUT2D eigenvalue weighted by atomic mass is 16.5. The van der Waals surface area contributed by atoms with Crippen molar-refractivity contribution in [2.45, 2.75) is 44.6 Å². The molecule has 3 nitrogen and oxygen atoms in total. The summed E-state index contributed by atoms with van der Waals surface area (Å²) in [4.78, 5) is 10.8. The summed E-state index contributed by atoms with van der Waals surface area (Å²) >= 11 is 0.